The first-order valence-corrected chi connectivity index (χ1v) is 10.0. The third kappa shape index (κ3) is 5.15. The Morgan fingerprint density at radius 3 is 2.65 bits per heavy atom. The highest BCUT2D eigenvalue weighted by Crippen LogP contribution is 2.23. The molecule has 1 aromatic heterocycles. The van der Waals surface area contributed by atoms with Crippen LogP contribution in [0.5, 0.6) is 5.75 Å². The summed E-state index contributed by atoms with van der Waals surface area (Å²) < 4.78 is 5.12. The fourth-order valence-corrected chi connectivity index (χ4v) is 3.26. The van der Waals surface area contributed by atoms with Crippen LogP contribution in [0.1, 0.15) is 5.56 Å². The maximum atomic E-state index is 12.2. The Hall–Kier alpha value is -3.97. The number of nitrogens with zero attached hydrogens (tertiary/aromatic N) is 1. The van der Waals surface area contributed by atoms with Gasteiger partial charge in [0.1, 0.15) is 11.6 Å². The molecule has 0 aliphatic rings. The molecule has 1 heterocycles. The van der Waals surface area contributed by atoms with Crippen LogP contribution in [0.4, 0.5) is 5.69 Å². The van der Waals surface area contributed by atoms with Gasteiger partial charge in [-0.1, -0.05) is 36.4 Å². The van der Waals surface area contributed by atoms with Gasteiger partial charge in [-0.05, 0) is 60.3 Å². The zero-order valence-corrected chi connectivity index (χ0v) is 17.6. The first-order chi connectivity index (χ1) is 15.1. The van der Waals surface area contributed by atoms with E-state index in [0.717, 1.165) is 39.4 Å². The molecule has 154 valence electrons. The van der Waals surface area contributed by atoms with Crippen LogP contribution in [0, 0.1) is 0 Å². The average Bonchev–Trinajstić information content (AvgIpc) is 3.22. The van der Waals surface area contributed by atoms with E-state index in [1.807, 2.05) is 72.8 Å². The topological polar surface area (TPSA) is 79.0 Å². The number of carbonyl (C=O) groups excluding carboxylic acids is 1. The molecule has 0 radical (unpaired) electrons. The number of aromatic amines is 1. The summed E-state index contributed by atoms with van der Waals surface area (Å²) >= 11 is 5.27. The molecule has 6 nitrogen and oxygen atoms in total. The van der Waals surface area contributed by atoms with Gasteiger partial charge < -0.3 is 15.0 Å². The number of imidazole rings is 1. The number of methoxy groups -OCH3 is 1. The second-order valence-corrected chi connectivity index (χ2v) is 7.14. The SMILES string of the molecule is COc1ccc(/C=C/C(=O)NC(=S)Nc2cccc(-c3nc4ccccc4[nH]3)c2)cc1. The second-order valence-electron chi connectivity index (χ2n) is 6.73. The van der Waals surface area contributed by atoms with Crippen molar-refractivity contribution in [1.29, 1.82) is 0 Å². The third-order valence-electron chi connectivity index (χ3n) is 4.56. The van der Waals surface area contributed by atoms with Gasteiger partial charge in [0.05, 0.1) is 18.1 Å². The molecule has 0 fully saturated rings. The van der Waals surface area contributed by atoms with E-state index in [9.17, 15) is 4.79 Å². The van der Waals surface area contributed by atoms with Crippen molar-refractivity contribution in [2.24, 2.45) is 0 Å². The van der Waals surface area contributed by atoms with Crippen molar-refractivity contribution >= 4 is 46.0 Å². The number of fused-ring (bicyclic) bond motifs is 1. The molecular weight excluding hydrogens is 408 g/mol. The molecule has 4 aromatic rings. The van der Waals surface area contributed by atoms with E-state index in [-0.39, 0.29) is 11.0 Å². The minimum absolute atomic E-state index is 0.214. The number of thiocarbonyl (C=S) groups is 1. The highest BCUT2D eigenvalue weighted by Gasteiger charge is 2.07. The number of rotatable bonds is 5. The van der Waals surface area contributed by atoms with Crippen LogP contribution in [0.2, 0.25) is 0 Å². The molecule has 0 aliphatic heterocycles. The van der Waals surface area contributed by atoms with E-state index in [2.05, 4.69) is 20.6 Å². The predicted octanol–water partition coefficient (Wildman–Crippen LogP) is 4.76. The summed E-state index contributed by atoms with van der Waals surface area (Å²) in [6.07, 6.45) is 3.14. The number of H-pyrrole nitrogens is 1. The largest absolute Gasteiger partial charge is 0.497 e. The maximum absolute atomic E-state index is 12.2. The number of ether oxygens (including phenoxy) is 1. The Balaban J connectivity index is 1.38. The quantitative estimate of drug-likeness (QED) is 0.315. The van der Waals surface area contributed by atoms with Gasteiger partial charge in [0.25, 0.3) is 0 Å². The maximum Gasteiger partial charge on any atom is 0.250 e. The van der Waals surface area contributed by atoms with Crippen molar-refractivity contribution < 1.29 is 9.53 Å². The lowest BCUT2D eigenvalue weighted by molar-refractivity contribution is -0.115. The van der Waals surface area contributed by atoms with E-state index in [1.54, 1.807) is 13.2 Å². The molecule has 4 rings (SSSR count). The van der Waals surface area contributed by atoms with Gasteiger partial charge >= 0.3 is 0 Å². The second kappa shape index (κ2) is 9.23. The highest BCUT2D eigenvalue weighted by molar-refractivity contribution is 7.80. The van der Waals surface area contributed by atoms with E-state index < -0.39 is 0 Å². The Kier molecular flexibility index (Phi) is 6.05. The molecule has 0 saturated carbocycles. The molecule has 0 saturated heterocycles. The average molecular weight is 429 g/mol. The number of hydrogen-bond acceptors (Lipinski definition) is 4. The Morgan fingerprint density at radius 1 is 1.06 bits per heavy atom. The molecule has 3 aromatic carbocycles. The van der Waals surface area contributed by atoms with Gasteiger partial charge in [0.15, 0.2) is 5.11 Å². The Bertz CT molecular complexity index is 1230. The zero-order chi connectivity index (χ0) is 21.6. The Morgan fingerprint density at radius 2 is 1.87 bits per heavy atom. The molecule has 0 unspecified atom stereocenters. The fourth-order valence-electron chi connectivity index (χ4n) is 3.04. The smallest absolute Gasteiger partial charge is 0.250 e. The molecule has 0 bridgehead atoms. The number of hydrogen-bond donors (Lipinski definition) is 3. The lowest BCUT2D eigenvalue weighted by Gasteiger charge is -2.09. The third-order valence-corrected chi connectivity index (χ3v) is 4.77. The highest BCUT2D eigenvalue weighted by atomic mass is 32.1. The zero-order valence-electron chi connectivity index (χ0n) is 16.8. The molecule has 7 heteroatoms. The first kappa shape index (κ1) is 20.3. The summed E-state index contributed by atoms with van der Waals surface area (Å²) in [5, 5.41) is 5.90. The fraction of sp³-hybridized carbons (Fsp3) is 0.0417. The molecule has 1 amide bonds. The van der Waals surface area contributed by atoms with Crippen molar-refractivity contribution in [3.05, 3.63) is 84.4 Å². The van der Waals surface area contributed by atoms with E-state index >= 15 is 0 Å². The summed E-state index contributed by atoms with van der Waals surface area (Å²) in [7, 11) is 1.61. The van der Waals surface area contributed by atoms with Crippen LogP contribution in [0.15, 0.2) is 78.9 Å². The lowest BCUT2D eigenvalue weighted by Crippen LogP contribution is -2.32. The van der Waals surface area contributed by atoms with Gasteiger partial charge in [0, 0.05) is 17.3 Å². The minimum atomic E-state index is -0.318. The van der Waals surface area contributed by atoms with E-state index in [4.69, 9.17) is 17.0 Å². The molecule has 3 N–H and O–H groups in total. The molecule has 0 aliphatic carbocycles. The summed E-state index contributed by atoms with van der Waals surface area (Å²) in [5.41, 5.74) is 4.43. The van der Waals surface area contributed by atoms with Crippen LogP contribution in [0.3, 0.4) is 0 Å². The lowest BCUT2D eigenvalue weighted by atomic mass is 10.2. The standard InChI is InChI=1S/C24H20N4O2S/c1-30-19-12-9-16(10-13-19)11-14-22(29)28-24(31)25-18-6-4-5-17(15-18)23-26-20-7-2-3-8-21(20)27-23/h2-15H,1H3,(H,26,27)(H2,25,28,29,31)/b14-11+. The van der Waals surface area contributed by atoms with Gasteiger partial charge in [-0.25, -0.2) is 4.98 Å². The van der Waals surface area contributed by atoms with Crippen LogP contribution >= 0.6 is 12.2 Å². The van der Waals surface area contributed by atoms with Crippen molar-refractivity contribution in [2.45, 2.75) is 0 Å². The van der Waals surface area contributed by atoms with E-state index in [0.29, 0.717) is 0 Å². The minimum Gasteiger partial charge on any atom is -0.497 e. The normalized spacial score (nSPS) is 10.9. The number of benzene rings is 3. The molecule has 31 heavy (non-hydrogen) atoms. The van der Waals surface area contributed by atoms with Crippen molar-refractivity contribution in [2.75, 3.05) is 12.4 Å². The number of aromatic nitrogens is 2. The van der Waals surface area contributed by atoms with Crippen LogP contribution < -0.4 is 15.4 Å². The van der Waals surface area contributed by atoms with Crippen molar-refractivity contribution in [3.63, 3.8) is 0 Å². The summed E-state index contributed by atoms with van der Waals surface area (Å²) in [6, 6.07) is 22.9. The van der Waals surface area contributed by atoms with Gasteiger partial charge in [-0.3, -0.25) is 10.1 Å². The predicted molar refractivity (Wildman–Crippen MR) is 128 cm³/mol. The number of amides is 1. The van der Waals surface area contributed by atoms with Gasteiger partial charge in [-0.15, -0.1) is 0 Å². The van der Waals surface area contributed by atoms with Crippen molar-refractivity contribution in [1.82, 2.24) is 15.3 Å². The van der Waals surface area contributed by atoms with Gasteiger partial charge in [-0.2, -0.15) is 0 Å². The van der Waals surface area contributed by atoms with Crippen LogP contribution in [0.25, 0.3) is 28.5 Å². The number of carbonyl (C=O) groups is 1. The summed E-state index contributed by atoms with van der Waals surface area (Å²) in [5.74, 6) is 1.21. The summed E-state index contributed by atoms with van der Waals surface area (Å²) in [6.45, 7) is 0. The van der Waals surface area contributed by atoms with Crippen molar-refractivity contribution in [3.8, 4) is 17.1 Å². The van der Waals surface area contributed by atoms with E-state index in [1.165, 1.54) is 6.08 Å². The monoisotopic (exact) mass is 428 g/mol. The molecular formula is C24H20N4O2S. The Labute approximate surface area is 185 Å². The first-order valence-electron chi connectivity index (χ1n) is 9.60. The van der Waals surface area contributed by atoms with Gasteiger partial charge in [0.2, 0.25) is 5.91 Å². The number of para-hydroxylation sites is 2. The van der Waals surface area contributed by atoms with Crippen LogP contribution in [-0.2, 0) is 4.79 Å². The summed E-state index contributed by atoms with van der Waals surface area (Å²) in [4.78, 5) is 20.1. The molecule has 0 atom stereocenters. The number of anilines is 1. The van der Waals surface area contributed by atoms with Crippen LogP contribution in [-0.4, -0.2) is 28.1 Å². The molecule has 0 spiro atoms. The number of nitrogens with one attached hydrogen (secondary N) is 3.